The number of pyridine rings is 1. The molecule has 1 fully saturated rings. The summed E-state index contributed by atoms with van der Waals surface area (Å²) in [6, 6.07) is 7.24. The van der Waals surface area contributed by atoms with E-state index in [0.29, 0.717) is 30.8 Å². The molecule has 3 aromatic rings. The highest BCUT2D eigenvalue weighted by Crippen LogP contribution is 2.30. The van der Waals surface area contributed by atoms with Gasteiger partial charge in [0.1, 0.15) is 11.6 Å². The molecule has 0 spiro atoms. The van der Waals surface area contributed by atoms with Crippen molar-refractivity contribution >= 4 is 11.7 Å². The summed E-state index contributed by atoms with van der Waals surface area (Å²) in [6.45, 7) is 2.35. The van der Waals surface area contributed by atoms with Crippen molar-refractivity contribution in [1.29, 1.82) is 0 Å². The van der Waals surface area contributed by atoms with Gasteiger partial charge in [0.15, 0.2) is 5.82 Å². The lowest BCUT2D eigenvalue weighted by Crippen LogP contribution is -2.52. The summed E-state index contributed by atoms with van der Waals surface area (Å²) in [4.78, 5) is 27.3. The number of likely N-dealkylation sites (tertiary alicyclic amines) is 1. The van der Waals surface area contributed by atoms with Crippen LogP contribution in [0.4, 0.5) is 23.4 Å². The largest absolute Gasteiger partial charge is 0.417 e. The number of halogens is 4. The number of nitrogens with one attached hydrogen (secondary N) is 1. The molecule has 2 atom stereocenters. The molecule has 0 aliphatic carbocycles. The third-order valence-corrected chi connectivity index (χ3v) is 5.69. The average Bonchev–Trinajstić information content (AvgIpc) is 2.80. The van der Waals surface area contributed by atoms with Crippen LogP contribution in [-0.4, -0.2) is 44.4 Å². The molecule has 1 N–H and O–H groups in total. The first kappa shape index (κ1) is 22.6. The van der Waals surface area contributed by atoms with E-state index in [1.165, 1.54) is 36.7 Å². The number of carbonyl (C=O) groups is 1. The topological polar surface area (TPSA) is 71.0 Å². The highest BCUT2D eigenvalue weighted by Gasteiger charge is 2.34. The van der Waals surface area contributed by atoms with Crippen LogP contribution < -0.4 is 5.32 Å². The molecule has 3 heterocycles. The molecule has 1 aromatic carbocycles. The van der Waals surface area contributed by atoms with Gasteiger partial charge in [0, 0.05) is 42.8 Å². The Kier molecular flexibility index (Phi) is 6.26. The van der Waals surface area contributed by atoms with Crippen LogP contribution in [0.15, 0.2) is 55.0 Å². The summed E-state index contributed by atoms with van der Waals surface area (Å²) in [5, 5.41) is 3.14. The zero-order valence-corrected chi connectivity index (χ0v) is 17.7. The number of anilines is 1. The van der Waals surface area contributed by atoms with E-state index in [0.717, 1.165) is 12.3 Å². The molecule has 4 rings (SSSR count). The van der Waals surface area contributed by atoms with Crippen molar-refractivity contribution in [2.75, 3.05) is 11.9 Å². The van der Waals surface area contributed by atoms with Gasteiger partial charge in [-0.3, -0.25) is 4.79 Å². The van der Waals surface area contributed by atoms with E-state index in [1.807, 2.05) is 6.92 Å². The maximum atomic E-state index is 14.0. The lowest BCUT2D eigenvalue weighted by molar-refractivity contribution is -0.137. The van der Waals surface area contributed by atoms with Gasteiger partial charge in [-0.15, -0.1) is 0 Å². The van der Waals surface area contributed by atoms with Crippen LogP contribution in [0.3, 0.4) is 0 Å². The smallest absolute Gasteiger partial charge is 0.365 e. The van der Waals surface area contributed by atoms with Gasteiger partial charge in [-0.05, 0) is 56.2 Å². The Labute approximate surface area is 187 Å². The summed E-state index contributed by atoms with van der Waals surface area (Å²) in [7, 11) is 0. The molecule has 1 aliphatic rings. The fraction of sp³-hybridized carbons (Fsp3) is 0.304. The predicted molar refractivity (Wildman–Crippen MR) is 114 cm³/mol. The summed E-state index contributed by atoms with van der Waals surface area (Å²) >= 11 is 0. The lowest BCUT2D eigenvalue weighted by atomic mass is 9.95. The van der Waals surface area contributed by atoms with Crippen LogP contribution in [0.5, 0.6) is 0 Å². The standard InChI is InChI=1S/C23H21F4N5O/c1-14-19(31-20-8-5-15(13-30-20)23(25,26)27)4-2-11-32(14)22(33)17-7-6-16(24)12-18(17)21-28-9-3-10-29-21/h3,5-10,12-14,19H,2,4,11H2,1H3,(H,30,31)/t14-,19+/m0/s1. The number of nitrogens with zero attached hydrogens (tertiary/aromatic N) is 4. The Balaban J connectivity index is 1.55. The quantitative estimate of drug-likeness (QED) is 0.568. The van der Waals surface area contributed by atoms with E-state index in [4.69, 9.17) is 0 Å². The third kappa shape index (κ3) is 4.94. The number of alkyl halides is 3. The first-order chi connectivity index (χ1) is 15.7. The third-order valence-electron chi connectivity index (χ3n) is 5.69. The van der Waals surface area contributed by atoms with Crippen LogP contribution in [0.1, 0.15) is 35.7 Å². The highest BCUT2D eigenvalue weighted by atomic mass is 19.4. The molecule has 172 valence electrons. The van der Waals surface area contributed by atoms with Crippen molar-refractivity contribution in [3.8, 4) is 11.4 Å². The van der Waals surface area contributed by atoms with Crippen molar-refractivity contribution < 1.29 is 22.4 Å². The zero-order chi connectivity index (χ0) is 23.6. The van der Waals surface area contributed by atoms with E-state index in [9.17, 15) is 22.4 Å². The molecule has 10 heteroatoms. The summed E-state index contributed by atoms with van der Waals surface area (Å²) < 4.78 is 52.3. The maximum Gasteiger partial charge on any atom is 0.417 e. The highest BCUT2D eigenvalue weighted by molar-refractivity contribution is 6.00. The first-order valence-electron chi connectivity index (χ1n) is 10.4. The Morgan fingerprint density at radius 3 is 2.55 bits per heavy atom. The lowest BCUT2D eigenvalue weighted by Gasteiger charge is -2.40. The van der Waals surface area contributed by atoms with Gasteiger partial charge in [-0.25, -0.2) is 19.3 Å². The Hall–Kier alpha value is -3.56. The number of hydrogen-bond donors (Lipinski definition) is 1. The second-order valence-corrected chi connectivity index (χ2v) is 7.82. The SMILES string of the molecule is C[C@H]1[C@H](Nc2ccc(C(F)(F)F)cn2)CCCN1C(=O)c1ccc(F)cc1-c1ncccn1. The van der Waals surface area contributed by atoms with Crippen molar-refractivity contribution in [3.05, 3.63) is 71.9 Å². The second-order valence-electron chi connectivity index (χ2n) is 7.82. The molecule has 2 aromatic heterocycles. The van der Waals surface area contributed by atoms with Crippen molar-refractivity contribution in [2.24, 2.45) is 0 Å². The van der Waals surface area contributed by atoms with Crippen LogP contribution in [0, 0.1) is 5.82 Å². The van der Waals surface area contributed by atoms with Gasteiger partial charge < -0.3 is 10.2 Å². The van der Waals surface area contributed by atoms with E-state index in [1.54, 1.807) is 11.0 Å². The Morgan fingerprint density at radius 2 is 1.88 bits per heavy atom. The van der Waals surface area contributed by atoms with Gasteiger partial charge in [-0.2, -0.15) is 13.2 Å². The number of carbonyl (C=O) groups excluding carboxylic acids is 1. The van der Waals surface area contributed by atoms with Crippen molar-refractivity contribution in [2.45, 2.75) is 38.0 Å². The predicted octanol–water partition coefficient (Wildman–Crippen LogP) is 4.80. The second kappa shape index (κ2) is 9.13. The molecule has 1 saturated heterocycles. The molecule has 0 saturated carbocycles. The number of piperidine rings is 1. The summed E-state index contributed by atoms with van der Waals surface area (Å²) in [6.07, 6.45) is 0.758. The molecule has 0 radical (unpaired) electrons. The zero-order valence-electron chi connectivity index (χ0n) is 17.7. The van der Waals surface area contributed by atoms with Crippen LogP contribution in [-0.2, 0) is 6.18 Å². The molecular weight excluding hydrogens is 438 g/mol. The van der Waals surface area contributed by atoms with Crippen LogP contribution in [0.25, 0.3) is 11.4 Å². The molecule has 0 unspecified atom stereocenters. The molecule has 33 heavy (non-hydrogen) atoms. The first-order valence-corrected chi connectivity index (χ1v) is 10.4. The van der Waals surface area contributed by atoms with E-state index < -0.39 is 17.6 Å². The summed E-state index contributed by atoms with van der Waals surface area (Å²) in [5.74, 6) is -0.256. The monoisotopic (exact) mass is 459 g/mol. The fourth-order valence-electron chi connectivity index (χ4n) is 3.94. The molecule has 0 bridgehead atoms. The number of rotatable bonds is 4. The van der Waals surface area contributed by atoms with E-state index in [2.05, 4.69) is 20.3 Å². The number of hydrogen-bond acceptors (Lipinski definition) is 5. The van der Waals surface area contributed by atoms with Gasteiger partial charge >= 0.3 is 6.18 Å². The minimum absolute atomic E-state index is 0.219. The Bertz CT molecular complexity index is 1120. The Morgan fingerprint density at radius 1 is 1.12 bits per heavy atom. The maximum absolute atomic E-state index is 14.0. The van der Waals surface area contributed by atoms with Crippen molar-refractivity contribution in [1.82, 2.24) is 19.9 Å². The molecule has 6 nitrogen and oxygen atoms in total. The van der Waals surface area contributed by atoms with Gasteiger partial charge in [0.05, 0.1) is 11.1 Å². The number of amides is 1. The van der Waals surface area contributed by atoms with E-state index >= 15 is 0 Å². The van der Waals surface area contributed by atoms with Crippen molar-refractivity contribution in [3.63, 3.8) is 0 Å². The number of aromatic nitrogens is 3. The fourth-order valence-corrected chi connectivity index (χ4v) is 3.94. The molecule has 1 amide bonds. The molecule has 1 aliphatic heterocycles. The van der Waals surface area contributed by atoms with E-state index in [-0.39, 0.29) is 29.4 Å². The van der Waals surface area contributed by atoms with Crippen LogP contribution >= 0.6 is 0 Å². The normalized spacial score (nSPS) is 18.8. The molecular formula is C23H21F4N5O. The van der Waals surface area contributed by atoms with Gasteiger partial charge in [-0.1, -0.05) is 0 Å². The average molecular weight is 459 g/mol. The summed E-state index contributed by atoms with van der Waals surface area (Å²) in [5.41, 5.74) is -0.247. The van der Waals surface area contributed by atoms with Gasteiger partial charge in [0.25, 0.3) is 5.91 Å². The number of benzene rings is 1. The minimum Gasteiger partial charge on any atom is -0.365 e. The van der Waals surface area contributed by atoms with Crippen LogP contribution in [0.2, 0.25) is 0 Å². The van der Waals surface area contributed by atoms with Gasteiger partial charge in [0.2, 0.25) is 0 Å². The minimum atomic E-state index is -4.46.